The number of carbonyl (C=O) groups is 1. The summed E-state index contributed by atoms with van der Waals surface area (Å²) in [6, 6.07) is 16.0. The van der Waals surface area contributed by atoms with Crippen molar-refractivity contribution in [2.24, 2.45) is 0 Å². The molecule has 1 aliphatic rings. The molecule has 0 amide bonds. The standard InChI is InChI=1S/C28H28F3NO5/c29-28(30,31)24-18-21(7-11-25(24)32-13-1-2-14-32)23-17-20(8-12-26(23)36-16-4-3-15-33)19-5-9-22(10-6-19)37-27(34)35/h5-12,17-18,33H,1-4,13-16H2,(H,34,35). The lowest BCUT2D eigenvalue weighted by Gasteiger charge is -2.24. The molecule has 37 heavy (non-hydrogen) atoms. The number of aliphatic hydroxyl groups excluding tert-OH is 1. The topological polar surface area (TPSA) is 79.2 Å². The molecular formula is C28H28F3NO5. The fraction of sp³-hybridized carbons (Fsp3) is 0.321. The van der Waals surface area contributed by atoms with E-state index >= 15 is 0 Å². The number of nitrogens with zero attached hydrogens (tertiary/aromatic N) is 1. The molecule has 1 heterocycles. The molecular weight excluding hydrogens is 487 g/mol. The van der Waals surface area contributed by atoms with E-state index < -0.39 is 17.9 Å². The molecule has 2 N–H and O–H groups in total. The van der Waals surface area contributed by atoms with Gasteiger partial charge in [-0.05, 0) is 78.8 Å². The number of carboxylic acid groups (broad SMARTS) is 1. The predicted molar refractivity (Wildman–Crippen MR) is 134 cm³/mol. The van der Waals surface area contributed by atoms with Crippen LogP contribution in [0.5, 0.6) is 11.5 Å². The monoisotopic (exact) mass is 515 g/mol. The Kier molecular flexibility index (Phi) is 8.23. The van der Waals surface area contributed by atoms with E-state index in [4.69, 9.17) is 14.9 Å². The van der Waals surface area contributed by atoms with Crippen LogP contribution in [-0.2, 0) is 6.18 Å². The molecule has 4 rings (SSSR count). The molecule has 196 valence electrons. The quantitative estimate of drug-likeness (QED) is 0.184. The molecule has 1 saturated heterocycles. The van der Waals surface area contributed by atoms with Gasteiger partial charge in [0.1, 0.15) is 11.5 Å². The van der Waals surface area contributed by atoms with Crippen molar-refractivity contribution in [1.82, 2.24) is 0 Å². The molecule has 0 unspecified atom stereocenters. The van der Waals surface area contributed by atoms with Crippen LogP contribution < -0.4 is 14.4 Å². The third-order valence-electron chi connectivity index (χ3n) is 6.24. The van der Waals surface area contributed by atoms with Crippen molar-refractivity contribution in [3.05, 3.63) is 66.2 Å². The van der Waals surface area contributed by atoms with E-state index in [-0.39, 0.29) is 18.0 Å². The fourth-order valence-electron chi connectivity index (χ4n) is 4.44. The number of unbranched alkanes of at least 4 members (excludes halogenated alkanes) is 1. The van der Waals surface area contributed by atoms with Crippen LogP contribution >= 0.6 is 0 Å². The summed E-state index contributed by atoms with van der Waals surface area (Å²) < 4.78 is 52.9. The van der Waals surface area contributed by atoms with Crippen LogP contribution in [0.4, 0.5) is 23.7 Å². The first-order valence-electron chi connectivity index (χ1n) is 12.1. The first-order valence-corrected chi connectivity index (χ1v) is 12.1. The van der Waals surface area contributed by atoms with Gasteiger partial charge in [-0.15, -0.1) is 0 Å². The summed E-state index contributed by atoms with van der Waals surface area (Å²) in [5, 5.41) is 17.8. The maximum atomic E-state index is 14.1. The van der Waals surface area contributed by atoms with Crippen LogP contribution in [0.2, 0.25) is 0 Å². The first kappa shape index (κ1) is 26.3. The van der Waals surface area contributed by atoms with Gasteiger partial charge in [-0.1, -0.05) is 24.3 Å². The zero-order chi connectivity index (χ0) is 26.4. The van der Waals surface area contributed by atoms with Crippen LogP contribution in [0.15, 0.2) is 60.7 Å². The summed E-state index contributed by atoms with van der Waals surface area (Å²) in [5.41, 5.74) is 1.83. The van der Waals surface area contributed by atoms with Crippen molar-refractivity contribution >= 4 is 11.8 Å². The van der Waals surface area contributed by atoms with E-state index in [1.54, 1.807) is 41.3 Å². The molecule has 1 aliphatic heterocycles. The summed E-state index contributed by atoms with van der Waals surface area (Å²) >= 11 is 0. The van der Waals surface area contributed by atoms with Crippen molar-refractivity contribution in [2.75, 3.05) is 31.2 Å². The summed E-state index contributed by atoms with van der Waals surface area (Å²) in [6.45, 7) is 1.53. The van der Waals surface area contributed by atoms with Crippen LogP contribution in [-0.4, -0.2) is 42.7 Å². The molecule has 9 heteroatoms. The molecule has 0 spiro atoms. The van der Waals surface area contributed by atoms with Gasteiger partial charge in [0.2, 0.25) is 0 Å². The number of hydrogen-bond donors (Lipinski definition) is 2. The smallest absolute Gasteiger partial charge is 0.493 e. The van der Waals surface area contributed by atoms with E-state index in [9.17, 15) is 18.0 Å². The Hall–Kier alpha value is -3.72. The van der Waals surface area contributed by atoms with Gasteiger partial charge in [-0.3, -0.25) is 0 Å². The number of rotatable bonds is 9. The second-order valence-electron chi connectivity index (χ2n) is 8.81. The van der Waals surface area contributed by atoms with Gasteiger partial charge >= 0.3 is 12.3 Å². The van der Waals surface area contributed by atoms with Crippen LogP contribution in [0.1, 0.15) is 31.2 Å². The highest BCUT2D eigenvalue weighted by atomic mass is 19.4. The largest absolute Gasteiger partial charge is 0.511 e. The van der Waals surface area contributed by atoms with Gasteiger partial charge in [0.25, 0.3) is 0 Å². The Bertz CT molecular complexity index is 1220. The third kappa shape index (κ3) is 6.54. The molecule has 3 aromatic rings. The van der Waals surface area contributed by atoms with Crippen LogP contribution in [0.3, 0.4) is 0 Å². The van der Waals surface area contributed by atoms with Gasteiger partial charge in [0.15, 0.2) is 0 Å². The average Bonchev–Trinajstić information content (AvgIpc) is 3.41. The van der Waals surface area contributed by atoms with Crippen LogP contribution in [0, 0.1) is 0 Å². The maximum Gasteiger partial charge on any atom is 0.511 e. The van der Waals surface area contributed by atoms with E-state index in [0.29, 0.717) is 49.4 Å². The number of alkyl halides is 3. The van der Waals surface area contributed by atoms with Gasteiger partial charge in [0, 0.05) is 30.9 Å². The number of aliphatic hydroxyl groups is 1. The van der Waals surface area contributed by atoms with E-state index in [1.807, 2.05) is 0 Å². The lowest BCUT2D eigenvalue weighted by Crippen LogP contribution is -2.22. The van der Waals surface area contributed by atoms with E-state index in [1.165, 1.54) is 24.3 Å². The molecule has 0 radical (unpaired) electrons. The number of halogens is 3. The molecule has 0 saturated carbocycles. The lowest BCUT2D eigenvalue weighted by molar-refractivity contribution is -0.137. The molecule has 6 nitrogen and oxygen atoms in total. The Balaban J connectivity index is 1.75. The third-order valence-corrected chi connectivity index (χ3v) is 6.24. The minimum absolute atomic E-state index is 0.0314. The Morgan fingerprint density at radius 1 is 0.892 bits per heavy atom. The molecule has 0 bridgehead atoms. The van der Waals surface area contributed by atoms with Gasteiger partial charge < -0.3 is 24.6 Å². The van der Waals surface area contributed by atoms with Gasteiger partial charge in [0.05, 0.1) is 12.2 Å². The highest BCUT2D eigenvalue weighted by molar-refractivity contribution is 5.80. The SMILES string of the molecule is O=C(O)Oc1ccc(-c2ccc(OCCCCO)c(-c3ccc(N4CCCC4)c(C(F)(F)F)c3)c2)cc1. The Labute approximate surface area is 212 Å². The first-order chi connectivity index (χ1) is 17.8. The summed E-state index contributed by atoms with van der Waals surface area (Å²) in [6.07, 6.45) is -3.05. The zero-order valence-corrected chi connectivity index (χ0v) is 20.1. The van der Waals surface area contributed by atoms with Gasteiger partial charge in [-0.25, -0.2) is 4.79 Å². The summed E-state index contributed by atoms with van der Waals surface area (Å²) in [7, 11) is 0. The summed E-state index contributed by atoms with van der Waals surface area (Å²) in [4.78, 5) is 12.5. The van der Waals surface area contributed by atoms with Gasteiger partial charge in [-0.2, -0.15) is 13.2 Å². The Morgan fingerprint density at radius 2 is 1.57 bits per heavy atom. The van der Waals surface area contributed by atoms with E-state index in [2.05, 4.69) is 4.74 Å². The zero-order valence-electron chi connectivity index (χ0n) is 20.1. The maximum absolute atomic E-state index is 14.1. The summed E-state index contributed by atoms with van der Waals surface area (Å²) in [5.74, 6) is 0.599. The molecule has 0 atom stereocenters. The van der Waals surface area contributed by atoms with Crippen LogP contribution in [0.25, 0.3) is 22.3 Å². The molecule has 0 aromatic heterocycles. The molecule has 1 fully saturated rings. The number of anilines is 1. The average molecular weight is 516 g/mol. The highest BCUT2D eigenvalue weighted by Crippen LogP contribution is 2.42. The Morgan fingerprint density at radius 3 is 2.22 bits per heavy atom. The van der Waals surface area contributed by atoms with Crippen molar-refractivity contribution in [2.45, 2.75) is 31.9 Å². The lowest BCUT2D eigenvalue weighted by atomic mass is 9.96. The number of benzene rings is 3. The number of ether oxygens (including phenoxy) is 2. The fourth-order valence-corrected chi connectivity index (χ4v) is 4.44. The minimum atomic E-state index is -4.52. The highest BCUT2D eigenvalue weighted by Gasteiger charge is 2.36. The van der Waals surface area contributed by atoms with Crippen molar-refractivity contribution < 1.29 is 37.7 Å². The predicted octanol–water partition coefficient (Wildman–Crippen LogP) is 6.85. The molecule has 3 aromatic carbocycles. The number of hydrogen-bond acceptors (Lipinski definition) is 5. The minimum Gasteiger partial charge on any atom is -0.493 e. The van der Waals surface area contributed by atoms with Crippen molar-refractivity contribution in [1.29, 1.82) is 0 Å². The normalized spacial score (nSPS) is 13.6. The second-order valence-corrected chi connectivity index (χ2v) is 8.81. The second kappa shape index (κ2) is 11.6. The van der Waals surface area contributed by atoms with E-state index in [0.717, 1.165) is 24.0 Å². The van der Waals surface area contributed by atoms with Crippen molar-refractivity contribution in [3.63, 3.8) is 0 Å². The van der Waals surface area contributed by atoms with Crippen molar-refractivity contribution in [3.8, 4) is 33.8 Å². The molecule has 0 aliphatic carbocycles.